The number of benzene rings is 1. The fourth-order valence-corrected chi connectivity index (χ4v) is 3.64. The largest absolute Gasteiger partial charge is 0.378 e. The number of aromatic nitrogens is 5. The second-order valence-corrected chi connectivity index (χ2v) is 7.95. The van der Waals surface area contributed by atoms with Crippen molar-refractivity contribution >= 4 is 11.6 Å². The van der Waals surface area contributed by atoms with Crippen LogP contribution in [0.4, 0.5) is 5.69 Å². The second-order valence-electron chi connectivity index (χ2n) is 7.95. The maximum absolute atomic E-state index is 12.9. The monoisotopic (exact) mass is 393 g/mol. The van der Waals surface area contributed by atoms with Crippen molar-refractivity contribution in [2.24, 2.45) is 0 Å². The molecule has 1 unspecified atom stereocenters. The average molecular weight is 393 g/mol. The second kappa shape index (κ2) is 6.98. The van der Waals surface area contributed by atoms with E-state index in [1.54, 1.807) is 4.68 Å². The third kappa shape index (κ3) is 3.48. The fraction of sp³-hybridized carbons (Fsp3) is 0.450. The van der Waals surface area contributed by atoms with Gasteiger partial charge in [0, 0.05) is 44.4 Å². The Labute approximate surface area is 168 Å². The zero-order valence-electron chi connectivity index (χ0n) is 16.5. The van der Waals surface area contributed by atoms with Crippen LogP contribution >= 0.6 is 0 Å². The molecule has 1 atom stereocenters. The molecule has 0 radical (unpaired) electrons. The fourth-order valence-electron chi connectivity index (χ4n) is 3.64. The zero-order chi connectivity index (χ0) is 20.0. The Morgan fingerprint density at radius 3 is 2.90 bits per heavy atom. The molecule has 1 saturated heterocycles. The summed E-state index contributed by atoms with van der Waals surface area (Å²) in [5, 5.41) is 12.5. The van der Waals surface area contributed by atoms with Crippen molar-refractivity contribution in [1.29, 1.82) is 0 Å². The topological polar surface area (TPSA) is 93.2 Å². The minimum Gasteiger partial charge on any atom is -0.378 e. The maximum atomic E-state index is 12.9. The van der Waals surface area contributed by atoms with Crippen LogP contribution in [0.1, 0.15) is 47.4 Å². The molecule has 2 fully saturated rings. The van der Waals surface area contributed by atoms with Gasteiger partial charge in [-0.1, -0.05) is 16.4 Å². The van der Waals surface area contributed by atoms with Gasteiger partial charge in [0.2, 0.25) is 0 Å². The van der Waals surface area contributed by atoms with Gasteiger partial charge in [-0.15, -0.1) is 5.10 Å². The van der Waals surface area contributed by atoms with Crippen molar-refractivity contribution in [3.8, 4) is 11.6 Å². The van der Waals surface area contributed by atoms with Gasteiger partial charge in [-0.05, 0) is 37.5 Å². The Morgan fingerprint density at radius 1 is 1.24 bits per heavy atom. The first-order valence-electron chi connectivity index (χ1n) is 9.91. The summed E-state index contributed by atoms with van der Waals surface area (Å²) in [6.45, 7) is 1.29. The van der Waals surface area contributed by atoms with Crippen molar-refractivity contribution in [2.75, 3.05) is 32.1 Å². The summed E-state index contributed by atoms with van der Waals surface area (Å²) in [6, 6.07) is 7.79. The quantitative estimate of drug-likeness (QED) is 0.657. The highest BCUT2D eigenvalue weighted by Gasteiger charge is 2.31. The van der Waals surface area contributed by atoms with Crippen LogP contribution in [0, 0.1) is 0 Å². The Balaban J connectivity index is 1.27. The lowest BCUT2D eigenvalue weighted by Gasteiger charge is -2.18. The molecule has 150 valence electrons. The van der Waals surface area contributed by atoms with E-state index in [2.05, 4.69) is 20.5 Å². The van der Waals surface area contributed by atoms with Gasteiger partial charge < -0.3 is 14.3 Å². The zero-order valence-corrected chi connectivity index (χ0v) is 16.5. The third-order valence-electron chi connectivity index (χ3n) is 5.55. The van der Waals surface area contributed by atoms with Crippen molar-refractivity contribution in [3.05, 3.63) is 41.9 Å². The molecule has 1 aromatic carbocycles. The SMILES string of the molecule is CN(C)c1cccc(C(=O)N2CCC(n3cc(-c4nc(C5CC5)no4)nn3)C2)c1. The van der Waals surface area contributed by atoms with Crippen LogP contribution in [0.15, 0.2) is 35.0 Å². The molecule has 1 amide bonds. The van der Waals surface area contributed by atoms with E-state index in [0.717, 1.165) is 30.8 Å². The summed E-state index contributed by atoms with van der Waals surface area (Å²) in [4.78, 5) is 21.2. The molecule has 0 bridgehead atoms. The number of likely N-dealkylation sites (tertiary alicyclic amines) is 1. The van der Waals surface area contributed by atoms with Crippen LogP contribution in [0.25, 0.3) is 11.6 Å². The normalized spacial score (nSPS) is 19.0. The van der Waals surface area contributed by atoms with Crippen molar-refractivity contribution in [3.63, 3.8) is 0 Å². The lowest BCUT2D eigenvalue weighted by Crippen LogP contribution is -2.29. The van der Waals surface area contributed by atoms with E-state index in [-0.39, 0.29) is 11.9 Å². The number of rotatable bonds is 5. The highest BCUT2D eigenvalue weighted by Crippen LogP contribution is 2.38. The number of amides is 1. The molecule has 9 nitrogen and oxygen atoms in total. The first kappa shape index (κ1) is 17.8. The molecule has 3 aromatic rings. The van der Waals surface area contributed by atoms with Gasteiger partial charge in [0.15, 0.2) is 11.5 Å². The lowest BCUT2D eigenvalue weighted by molar-refractivity contribution is 0.0787. The summed E-state index contributed by atoms with van der Waals surface area (Å²) < 4.78 is 7.14. The van der Waals surface area contributed by atoms with Crippen LogP contribution in [0.5, 0.6) is 0 Å². The smallest absolute Gasteiger partial charge is 0.280 e. The van der Waals surface area contributed by atoms with Gasteiger partial charge in [0.25, 0.3) is 11.8 Å². The number of carbonyl (C=O) groups is 1. The molecule has 29 heavy (non-hydrogen) atoms. The molecule has 3 heterocycles. The van der Waals surface area contributed by atoms with Crippen LogP contribution < -0.4 is 4.90 Å². The summed E-state index contributed by atoms with van der Waals surface area (Å²) in [5.41, 5.74) is 2.29. The van der Waals surface area contributed by atoms with Crippen LogP contribution in [0.2, 0.25) is 0 Å². The van der Waals surface area contributed by atoms with Crippen LogP contribution in [-0.4, -0.2) is 63.1 Å². The molecule has 1 saturated carbocycles. The van der Waals surface area contributed by atoms with Crippen molar-refractivity contribution < 1.29 is 9.32 Å². The van der Waals surface area contributed by atoms with E-state index in [4.69, 9.17) is 4.52 Å². The Hall–Kier alpha value is -3.23. The van der Waals surface area contributed by atoms with E-state index < -0.39 is 0 Å². The van der Waals surface area contributed by atoms with Crippen LogP contribution in [0.3, 0.4) is 0 Å². The van der Waals surface area contributed by atoms with Crippen molar-refractivity contribution in [1.82, 2.24) is 30.0 Å². The molecule has 2 aliphatic rings. The van der Waals surface area contributed by atoms with E-state index in [1.807, 2.05) is 54.4 Å². The molecule has 9 heteroatoms. The number of hydrogen-bond acceptors (Lipinski definition) is 7. The summed E-state index contributed by atoms with van der Waals surface area (Å²) in [6.07, 6.45) is 4.90. The predicted molar refractivity (Wildman–Crippen MR) is 106 cm³/mol. The van der Waals surface area contributed by atoms with E-state index in [1.165, 1.54) is 0 Å². The molecule has 5 rings (SSSR count). The minimum atomic E-state index is 0.0440. The first-order chi connectivity index (χ1) is 14.1. The van der Waals surface area contributed by atoms with Gasteiger partial charge >= 0.3 is 0 Å². The van der Waals surface area contributed by atoms with Gasteiger partial charge in [-0.2, -0.15) is 4.98 Å². The van der Waals surface area contributed by atoms with E-state index >= 15 is 0 Å². The van der Waals surface area contributed by atoms with Gasteiger partial charge in [-0.25, -0.2) is 4.68 Å². The summed E-state index contributed by atoms with van der Waals surface area (Å²) >= 11 is 0. The Morgan fingerprint density at radius 2 is 2.10 bits per heavy atom. The Bertz CT molecular complexity index is 1040. The third-order valence-corrected chi connectivity index (χ3v) is 5.55. The summed E-state index contributed by atoms with van der Waals surface area (Å²) in [5.74, 6) is 1.64. The van der Waals surface area contributed by atoms with E-state index in [9.17, 15) is 4.79 Å². The number of nitrogens with zero attached hydrogens (tertiary/aromatic N) is 7. The van der Waals surface area contributed by atoms with E-state index in [0.29, 0.717) is 36.2 Å². The number of carbonyl (C=O) groups excluding carboxylic acids is 1. The van der Waals surface area contributed by atoms with Crippen molar-refractivity contribution in [2.45, 2.75) is 31.2 Å². The molecular weight excluding hydrogens is 370 g/mol. The average Bonchev–Trinajstić information content (AvgIpc) is 3.16. The standard InChI is InChI=1S/C20H23N7O2/c1-25(2)15-5-3-4-14(10-15)20(28)26-9-8-16(11-26)27-12-17(22-24-27)19-21-18(23-29-19)13-6-7-13/h3-5,10,12-13,16H,6-9,11H2,1-2H3. The molecule has 2 aromatic heterocycles. The predicted octanol–water partition coefficient (Wildman–Crippen LogP) is 2.36. The molecular formula is C20H23N7O2. The molecule has 0 spiro atoms. The Kier molecular flexibility index (Phi) is 4.30. The van der Waals surface area contributed by atoms with Gasteiger partial charge in [-0.3, -0.25) is 4.79 Å². The maximum Gasteiger partial charge on any atom is 0.280 e. The molecule has 1 aliphatic carbocycles. The highest BCUT2D eigenvalue weighted by molar-refractivity contribution is 5.95. The number of hydrogen-bond donors (Lipinski definition) is 0. The minimum absolute atomic E-state index is 0.0440. The molecule has 1 aliphatic heterocycles. The lowest BCUT2D eigenvalue weighted by atomic mass is 10.1. The molecule has 0 N–H and O–H groups in total. The number of anilines is 1. The first-order valence-corrected chi connectivity index (χ1v) is 9.91. The van der Waals surface area contributed by atoms with Gasteiger partial charge in [0.05, 0.1) is 12.2 Å². The summed E-state index contributed by atoms with van der Waals surface area (Å²) in [7, 11) is 3.93. The highest BCUT2D eigenvalue weighted by atomic mass is 16.5. The van der Waals surface area contributed by atoms with Crippen LogP contribution in [-0.2, 0) is 0 Å². The van der Waals surface area contributed by atoms with Gasteiger partial charge in [0.1, 0.15) is 0 Å².